The standard InChI is InChI=1S/C19H23NO6/c1-4-5-6-13-9-17(21)26-16-10-14(7-8-15(13)16)25-12(3)18(22)20-11(2)19(23)24/h7-12H,4-6H2,1-3H3,(H,20,22)(H,23,24). The number of nitrogens with one attached hydrogen (secondary N) is 1. The Bertz CT molecular complexity index is 857. The Hall–Kier alpha value is -2.83. The first-order valence-electron chi connectivity index (χ1n) is 8.58. The number of rotatable bonds is 8. The SMILES string of the molecule is CCCCc1cc(=O)oc2cc(OC(C)C(=O)NC(C)C(=O)O)ccc12. The molecule has 7 heteroatoms. The van der Waals surface area contributed by atoms with E-state index < -0.39 is 29.6 Å². The summed E-state index contributed by atoms with van der Waals surface area (Å²) in [6.07, 6.45) is 1.87. The van der Waals surface area contributed by atoms with E-state index in [0.29, 0.717) is 11.3 Å². The van der Waals surface area contributed by atoms with Gasteiger partial charge in [0.05, 0.1) is 0 Å². The monoisotopic (exact) mass is 361 g/mol. The zero-order valence-electron chi connectivity index (χ0n) is 15.1. The molecule has 0 saturated heterocycles. The number of unbranched alkanes of at least 4 members (excludes halogenated alkanes) is 1. The second-order valence-electron chi connectivity index (χ2n) is 6.18. The lowest BCUT2D eigenvalue weighted by Gasteiger charge is -2.17. The van der Waals surface area contributed by atoms with Crippen molar-refractivity contribution in [2.75, 3.05) is 0 Å². The maximum atomic E-state index is 12.0. The van der Waals surface area contributed by atoms with Crippen LogP contribution in [0.1, 0.15) is 39.2 Å². The molecule has 2 rings (SSSR count). The van der Waals surface area contributed by atoms with E-state index >= 15 is 0 Å². The summed E-state index contributed by atoms with van der Waals surface area (Å²) in [5.74, 6) is -1.31. The van der Waals surface area contributed by atoms with Crippen molar-refractivity contribution < 1.29 is 23.8 Å². The Morgan fingerprint density at radius 1 is 1.27 bits per heavy atom. The molecule has 1 amide bonds. The van der Waals surface area contributed by atoms with Crippen LogP contribution in [0.5, 0.6) is 5.75 Å². The summed E-state index contributed by atoms with van der Waals surface area (Å²) in [6, 6.07) is 5.55. The minimum absolute atomic E-state index is 0.360. The molecule has 2 aromatic rings. The third-order valence-electron chi connectivity index (χ3n) is 4.01. The van der Waals surface area contributed by atoms with Crippen LogP contribution in [0, 0.1) is 0 Å². The lowest BCUT2D eigenvalue weighted by Crippen LogP contribution is -2.44. The van der Waals surface area contributed by atoms with Crippen LogP contribution in [0.2, 0.25) is 0 Å². The minimum atomic E-state index is -1.13. The summed E-state index contributed by atoms with van der Waals surface area (Å²) >= 11 is 0. The maximum absolute atomic E-state index is 12.0. The van der Waals surface area contributed by atoms with E-state index in [4.69, 9.17) is 14.3 Å². The van der Waals surface area contributed by atoms with Crippen molar-refractivity contribution in [3.8, 4) is 5.75 Å². The molecule has 0 fully saturated rings. The summed E-state index contributed by atoms with van der Waals surface area (Å²) in [7, 11) is 0. The van der Waals surface area contributed by atoms with Crippen LogP contribution in [0.15, 0.2) is 33.5 Å². The normalized spacial score (nSPS) is 13.2. The third kappa shape index (κ3) is 4.84. The van der Waals surface area contributed by atoms with E-state index in [1.165, 1.54) is 19.9 Å². The molecule has 7 nitrogen and oxygen atoms in total. The molecule has 0 saturated carbocycles. The molecule has 140 valence electrons. The highest BCUT2D eigenvalue weighted by Gasteiger charge is 2.20. The van der Waals surface area contributed by atoms with Crippen molar-refractivity contribution >= 4 is 22.8 Å². The van der Waals surface area contributed by atoms with Gasteiger partial charge in [-0.15, -0.1) is 0 Å². The first kappa shape index (κ1) is 19.5. The van der Waals surface area contributed by atoms with Crippen LogP contribution in [0.25, 0.3) is 11.0 Å². The molecular formula is C19H23NO6. The van der Waals surface area contributed by atoms with Gasteiger partial charge in [-0.25, -0.2) is 4.79 Å². The largest absolute Gasteiger partial charge is 0.481 e. The summed E-state index contributed by atoms with van der Waals surface area (Å²) in [5, 5.41) is 12.0. The predicted molar refractivity (Wildman–Crippen MR) is 96.4 cm³/mol. The summed E-state index contributed by atoms with van der Waals surface area (Å²) < 4.78 is 10.8. The fourth-order valence-corrected chi connectivity index (χ4v) is 2.51. The second-order valence-corrected chi connectivity index (χ2v) is 6.18. The third-order valence-corrected chi connectivity index (χ3v) is 4.01. The number of ether oxygens (including phenoxy) is 1. The summed E-state index contributed by atoms with van der Waals surface area (Å²) in [5.41, 5.74) is 0.889. The minimum Gasteiger partial charge on any atom is -0.481 e. The quantitative estimate of drug-likeness (QED) is 0.700. The van der Waals surface area contributed by atoms with Gasteiger partial charge in [-0.05, 0) is 44.4 Å². The lowest BCUT2D eigenvalue weighted by molar-refractivity contribution is -0.142. The molecule has 1 heterocycles. The zero-order chi connectivity index (χ0) is 19.3. The van der Waals surface area contributed by atoms with Crippen LogP contribution in [0.3, 0.4) is 0 Å². The van der Waals surface area contributed by atoms with Crippen molar-refractivity contribution in [2.24, 2.45) is 0 Å². The van der Waals surface area contributed by atoms with Crippen LogP contribution in [-0.2, 0) is 16.0 Å². The van der Waals surface area contributed by atoms with Gasteiger partial charge < -0.3 is 19.6 Å². The van der Waals surface area contributed by atoms with Crippen molar-refractivity contribution in [3.05, 3.63) is 40.2 Å². The van der Waals surface area contributed by atoms with Gasteiger partial charge in [-0.3, -0.25) is 9.59 Å². The number of hydrogen-bond acceptors (Lipinski definition) is 5. The molecule has 26 heavy (non-hydrogen) atoms. The molecule has 1 aromatic carbocycles. The number of carboxylic acid groups (broad SMARTS) is 1. The van der Waals surface area contributed by atoms with E-state index in [1.807, 2.05) is 0 Å². The van der Waals surface area contributed by atoms with Crippen molar-refractivity contribution in [3.63, 3.8) is 0 Å². The van der Waals surface area contributed by atoms with Crippen LogP contribution in [0.4, 0.5) is 0 Å². The molecule has 0 aliphatic heterocycles. The molecule has 0 spiro atoms. The first-order chi connectivity index (χ1) is 12.3. The summed E-state index contributed by atoms with van der Waals surface area (Å²) in [4.78, 5) is 34.5. The predicted octanol–water partition coefficient (Wildman–Crippen LogP) is 2.49. The average Bonchev–Trinajstić information content (AvgIpc) is 2.58. The van der Waals surface area contributed by atoms with E-state index in [2.05, 4.69) is 12.2 Å². The highest BCUT2D eigenvalue weighted by Crippen LogP contribution is 2.24. The number of carboxylic acids is 1. The number of carbonyl (C=O) groups excluding carboxylic acids is 1. The second kappa shape index (κ2) is 8.51. The number of carbonyl (C=O) groups is 2. The van der Waals surface area contributed by atoms with Gasteiger partial charge in [0.15, 0.2) is 6.10 Å². The van der Waals surface area contributed by atoms with Crippen LogP contribution >= 0.6 is 0 Å². The van der Waals surface area contributed by atoms with Gasteiger partial charge in [0, 0.05) is 17.5 Å². The molecule has 0 bridgehead atoms. The van der Waals surface area contributed by atoms with Crippen LogP contribution in [-0.4, -0.2) is 29.1 Å². The lowest BCUT2D eigenvalue weighted by atomic mass is 10.0. The topological polar surface area (TPSA) is 106 Å². The fourth-order valence-electron chi connectivity index (χ4n) is 2.51. The van der Waals surface area contributed by atoms with Crippen molar-refractivity contribution in [1.29, 1.82) is 0 Å². The average molecular weight is 361 g/mol. The molecule has 2 atom stereocenters. The van der Waals surface area contributed by atoms with Gasteiger partial charge in [-0.2, -0.15) is 0 Å². The number of fused-ring (bicyclic) bond motifs is 1. The number of hydrogen-bond donors (Lipinski definition) is 2. The highest BCUT2D eigenvalue weighted by molar-refractivity contribution is 5.86. The molecule has 0 radical (unpaired) electrons. The van der Waals surface area contributed by atoms with Crippen molar-refractivity contribution in [2.45, 2.75) is 52.2 Å². The van der Waals surface area contributed by atoms with Gasteiger partial charge in [-0.1, -0.05) is 13.3 Å². The van der Waals surface area contributed by atoms with E-state index in [9.17, 15) is 14.4 Å². The molecule has 2 N–H and O–H groups in total. The number of benzene rings is 1. The Morgan fingerprint density at radius 2 is 2.00 bits per heavy atom. The Morgan fingerprint density at radius 3 is 2.65 bits per heavy atom. The smallest absolute Gasteiger partial charge is 0.336 e. The van der Waals surface area contributed by atoms with E-state index in [1.54, 1.807) is 18.2 Å². The van der Waals surface area contributed by atoms with Gasteiger partial charge in [0.25, 0.3) is 5.91 Å². The van der Waals surface area contributed by atoms with Gasteiger partial charge in [0.2, 0.25) is 0 Å². The molecule has 0 aliphatic carbocycles. The first-order valence-corrected chi connectivity index (χ1v) is 8.58. The van der Waals surface area contributed by atoms with Gasteiger partial charge >= 0.3 is 11.6 Å². The molecular weight excluding hydrogens is 338 g/mol. The molecule has 0 aliphatic rings. The van der Waals surface area contributed by atoms with Crippen LogP contribution < -0.4 is 15.7 Å². The Labute approximate surface area is 151 Å². The highest BCUT2D eigenvalue weighted by atomic mass is 16.5. The molecule has 2 unspecified atom stereocenters. The van der Waals surface area contributed by atoms with Crippen molar-refractivity contribution in [1.82, 2.24) is 5.32 Å². The molecule has 1 aromatic heterocycles. The number of amides is 1. The number of aryl methyl sites for hydroxylation is 1. The Balaban J connectivity index is 2.19. The fraction of sp³-hybridized carbons (Fsp3) is 0.421. The van der Waals surface area contributed by atoms with Gasteiger partial charge in [0.1, 0.15) is 17.4 Å². The van der Waals surface area contributed by atoms with E-state index in [-0.39, 0.29) is 0 Å². The maximum Gasteiger partial charge on any atom is 0.336 e. The number of aliphatic carboxylic acids is 1. The van der Waals surface area contributed by atoms with E-state index in [0.717, 1.165) is 30.2 Å². The zero-order valence-corrected chi connectivity index (χ0v) is 15.1. The summed E-state index contributed by atoms with van der Waals surface area (Å²) in [6.45, 7) is 4.97. The Kier molecular flexibility index (Phi) is 6.38.